The van der Waals surface area contributed by atoms with Crippen molar-refractivity contribution in [1.82, 2.24) is 9.78 Å². The SMILES string of the molecule is O=C(CSCc1ccccc1)Nc1ccnn1Cc1ccc(Br)cc1. The molecule has 0 unspecified atom stereocenters. The van der Waals surface area contributed by atoms with Crippen LogP contribution in [0.2, 0.25) is 0 Å². The molecule has 6 heteroatoms. The van der Waals surface area contributed by atoms with Crippen molar-refractivity contribution in [3.05, 3.63) is 82.5 Å². The molecule has 3 aromatic rings. The summed E-state index contributed by atoms with van der Waals surface area (Å²) in [6.07, 6.45) is 1.70. The Balaban J connectivity index is 1.52. The number of benzene rings is 2. The average Bonchev–Trinajstić information content (AvgIpc) is 3.04. The van der Waals surface area contributed by atoms with Crippen molar-refractivity contribution in [2.45, 2.75) is 12.3 Å². The van der Waals surface area contributed by atoms with Crippen molar-refractivity contribution in [2.24, 2.45) is 0 Å². The van der Waals surface area contributed by atoms with Crippen molar-refractivity contribution < 1.29 is 4.79 Å². The number of amides is 1. The summed E-state index contributed by atoms with van der Waals surface area (Å²) in [6, 6.07) is 20.0. The molecule has 1 amide bonds. The topological polar surface area (TPSA) is 46.9 Å². The van der Waals surface area contributed by atoms with Gasteiger partial charge < -0.3 is 5.32 Å². The third kappa shape index (κ3) is 5.47. The van der Waals surface area contributed by atoms with Crippen molar-refractivity contribution in [2.75, 3.05) is 11.1 Å². The van der Waals surface area contributed by atoms with Gasteiger partial charge in [0.05, 0.1) is 18.5 Å². The summed E-state index contributed by atoms with van der Waals surface area (Å²) >= 11 is 5.03. The molecule has 0 aliphatic rings. The summed E-state index contributed by atoms with van der Waals surface area (Å²) in [5, 5.41) is 7.24. The molecule has 0 aliphatic heterocycles. The Hall–Kier alpha value is -2.05. The van der Waals surface area contributed by atoms with Crippen LogP contribution >= 0.6 is 27.7 Å². The molecular weight excluding hydrogens is 398 g/mol. The number of hydrogen-bond donors (Lipinski definition) is 1. The Labute approximate surface area is 159 Å². The highest BCUT2D eigenvalue weighted by Crippen LogP contribution is 2.15. The smallest absolute Gasteiger partial charge is 0.235 e. The summed E-state index contributed by atoms with van der Waals surface area (Å²) in [7, 11) is 0. The van der Waals surface area contributed by atoms with E-state index >= 15 is 0 Å². The number of carbonyl (C=O) groups excluding carboxylic acids is 1. The molecule has 0 radical (unpaired) electrons. The van der Waals surface area contributed by atoms with Crippen molar-refractivity contribution >= 4 is 39.4 Å². The first-order valence-electron chi connectivity index (χ1n) is 7.88. The Bertz CT molecular complexity index is 818. The van der Waals surface area contributed by atoms with Gasteiger partial charge in [0.15, 0.2) is 0 Å². The van der Waals surface area contributed by atoms with Gasteiger partial charge in [0.1, 0.15) is 5.82 Å². The Kier molecular flexibility index (Phi) is 6.30. The maximum atomic E-state index is 12.2. The van der Waals surface area contributed by atoms with Crippen LogP contribution in [0.3, 0.4) is 0 Å². The first-order valence-corrected chi connectivity index (χ1v) is 9.83. The largest absolute Gasteiger partial charge is 0.310 e. The fourth-order valence-corrected chi connectivity index (χ4v) is 3.39. The predicted octanol–water partition coefficient (Wildman–Crippen LogP) is 4.57. The molecule has 0 atom stereocenters. The van der Waals surface area contributed by atoms with Crippen molar-refractivity contribution in [3.63, 3.8) is 0 Å². The number of aromatic nitrogens is 2. The summed E-state index contributed by atoms with van der Waals surface area (Å²) in [4.78, 5) is 12.2. The van der Waals surface area contributed by atoms with Gasteiger partial charge >= 0.3 is 0 Å². The van der Waals surface area contributed by atoms with Crippen LogP contribution < -0.4 is 5.32 Å². The molecule has 1 N–H and O–H groups in total. The Morgan fingerprint density at radius 1 is 1.04 bits per heavy atom. The summed E-state index contributed by atoms with van der Waals surface area (Å²) in [5.74, 6) is 1.94. The normalized spacial score (nSPS) is 10.6. The summed E-state index contributed by atoms with van der Waals surface area (Å²) in [5.41, 5.74) is 2.35. The number of nitrogens with zero attached hydrogens (tertiary/aromatic N) is 2. The molecule has 3 rings (SSSR count). The molecular formula is C19H18BrN3OS. The van der Waals surface area contributed by atoms with Crippen LogP contribution in [0, 0.1) is 0 Å². The van der Waals surface area contributed by atoms with Gasteiger partial charge in [-0.1, -0.05) is 58.4 Å². The zero-order valence-electron chi connectivity index (χ0n) is 13.6. The van der Waals surface area contributed by atoms with E-state index in [1.54, 1.807) is 22.6 Å². The minimum atomic E-state index is -0.0153. The van der Waals surface area contributed by atoms with Gasteiger partial charge in [-0.3, -0.25) is 4.79 Å². The fraction of sp³-hybridized carbons (Fsp3) is 0.158. The molecule has 0 saturated heterocycles. The zero-order valence-corrected chi connectivity index (χ0v) is 16.0. The molecule has 0 spiro atoms. The van der Waals surface area contributed by atoms with E-state index in [0.717, 1.165) is 15.8 Å². The van der Waals surface area contributed by atoms with Gasteiger partial charge in [0.2, 0.25) is 5.91 Å². The zero-order chi connectivity index (χ0) is 17.5. The molecule has 1 aromatic heterocycles. The van der Waals surface area contributed by atoms with Gasteiger partial charge in [0, 0.05) is 16.3 Å². The minimum absolute atomic E-state index is 0.0153. The van der Waals surface area contributed by atoms with E-state index < -0.39 is 0 Å². The molecule has 1 heterocycles. The highest BCUT2D eigenvalue weighted by Gasteiger charge is 2.08. The van der Waals surface area contributed by atoms with E-state index in [1.165, 1.54) is 5.56 Å². The maximum absolute atomic E-state index is 12.2. The van der Waals surface area contributed by atoms with E-state index in [9.17, 15) is 4.79 Å². The van der Waals surface area contributed by atoms with Gasteiger partial charge in [-0.15, -0.1) is 11.8 Å². The lowest BCUT2D eigenvalue weighted by Crippen LogP contribution is -2.18. The second kappa shape index (κ2) is 8.87. The number of nitrogens with one attached hydrogen (secondary N) is 1. The van der Waals surface area contributed by atoms with Gasteiger partial charge in [-0.2, -0.15) is 5.10 Å². The van der Waals surface area contributed by atoms with Gasteiger partial charge in [-0.05, 0) is 23.3 Å². The number of carbonyl (C=O) groups is 1. The molecule has 0 bridgehead atoms. The summed E-state index contributed by atoms with van der Waals surface area (Å²) in [6.45, 7) is 0.618. The number of anilines is 1. The quantitative estimate of drug-likeness (QED) is 0.614. The van der Waals surface area contributed by atoms with E-state index in [1.807, 2.05) is 48.5 Å². The highest BCUT2D eigenvalue weighted by molar-refractivity contribution is 9.10. The van der Waals surface area contributed by atoms with Crippen LogP contribution in [-0.4, -0.2) is 21.4 Å². The predicted molar refractivity (Wildman–Crippen MR) is 107 cm³/mol. The second-order valence-corrected chi connectivity index (χ2v) is 7.43. The van der Waals surface area contributed by atoms with Gasteiger partial charge in [0.25, 0.3) is 0 Å². The lowest BCUT2D eigenvalue weighted by molar-refractivity contribution is -0.113. The molecule has 25 heavy (non-hydrogen) atoms. The molecule has 4 nitrogen and oxygen atoms in total. The molecule has 2 aromatic carbocycles. The minimum Gasteiger partial charge on any atom is -0.310 e. The number of rotatable bonds is 7. The lowest BCUT2D eigenvalue weighted by Gasteiger charge is -2.09. The van der Waals surface area contributed by atoms with Crippen LogP contribution in [0.25, 0.3) is 0 Å². The standard InChI is InChI=1S/C19H18BrN3OS/c20-17-8-6-15(7-9-17)12-23-18(10-11-21-23)22-19(24)14-25-13-16-4-2-1-3-5-16/h1-11H,12-14H2,(H,22,24). The molecule has 128 valence electrons. The average molecular weight is 416 g/mol. The second-order valence-electron chi connectivity index (χ2n) is 5.53. The highest BCUT2D eigenvalue weighted by atomic mass is 79.9. The third-order valence-corrected chi connectivity index (χ3v) is 5.11. The molecule has 0 aliphatic carbocycles. The van der Waals surface area contributed by atoms with E-state index in [2.05, 4.69) is 38.5 Å². The van der Waals surface area contributed by atoms with Crippen molar-refractivity contribution in [1.29, 1.82) is 0 Å². The Morgan fingerprint density at radius 3 is 2.56 bits per heavy atom. The van der Waals surface area contributed by atoms with Crippen molar-refractivity contribution in [3.8, 4) is 0 Å². The van der Waals surface area contributed by atoms with Crippen LogP contribution in [-0.2, 0) is 17.1 Å². The number of thioether (sulfide) groups is 1. The van der Waals surface area contributed by atoms with E-state index in [0.29, 0.717) is 18.1 Å². The monoisotopic (exact) mass is 415 g/mol. The van der Waals surface area contributed by atoms with E-state index in [4.69, 9.17) is 0 Å². The lowest BCUT2D eigenvalue weighted by atomic mass is 10.2. The first kappa shape index (κ1) is 17.8. The maximum Gasteiger partial charge on any atom is 0.235 e. The molecule has 0 fully saturated rings. The van der Waals surface area contributed by atoms with E-state index in [-0.39, 0.29) is 5.91 Å². The number of hydrogen-bond acceptors (Lipinski definition) is 3. The third-order valence-electron chi connectivity index (χ3n) is 3.57. The van der Waals surface area contributed by atoms with Crippen LogP contribution in [0.15, 0.2) is 71.3 Å². The fourth-order valence-electron chi connectivity index (χ4n) is 2.34. The van der Waals surface area contributed by atoms with Gasteiger partial charge in [-0.25, -0.2) is 4.68 Å². The summed E-state index contributed by atoms with van der Waals surface area (Å²) < 4.78 is 2.84. The first-order chi connectivity index (χ1) is 12.2. The van der Waals surface area contributed by atoms with Crippen LogP contribution in [0.1, 0.15) is 11.1 Å². The van der Waals surface area contributed by atoms with Crippen LogP contribution in [0.4, 0.5) is 5.82 Å². The van der Waals surface area contributed by atoms with Crippen LogP contribution in [0.5, 0.6) is 0 Å². The Morgan fingerprint density at radius 2 is 1.80 bits per heavy atom. The molecule has 0 saturated carbocycles. The number of halogens is 1.